The minimum Gasteiger partial charge on any atom is -0.393 e. The van der Waals surface area contributed by atoms with Crippen LogP contribution in [0.2, 0.25) is 0 Å². The molecule has 17 heavy (non-hydrogen) atoms. The Bertz CT molecular complexity index is 236. The summed E-state index contributed by atoms with van der Waals surface area (Å²) in [5.41, 5.74) is 5.61. The van der Waals surface area contributed by atoms with Crippen molar-refractivity contribution < 1.29 is 9.90 Å². The summed E-state index contributed by atoms with van der Waals surface area (Å²) in [7, 11) is 0. The highest BCUT2D eigenvalue weighted by atomic mass is 16.3. The minimum atomic E-state index is -0.130. The van der Waals surface area contributed by atoms with Crippen LogP contribution in [0, 0.1) is 17.8 Å². The molecule has 0 saturated heterocycles. The number of aliphatic hydroxyl groups excluding tert-OH is 1. The van der Waals surface area contributed by atoms with Crippen molar-refractivity contribution in [1.82, 2.24) is 5.32 Å². The van der Waals surface area contributed by atoms with Gasteiger partial charge < -0.3 is 16.2 Å². The van der Waals surface area contributed by atoms with E-state index < -0.39 is 0 Å². The van der Waals surface area contributed by atoms with Gasteiger partial charge in [0.05, 0.1) is 12.0 Å². The zero-order valence-electron chi connectivity index (χ0n) is 11.0. The second kappa shape index (κ2) is 6.97. The molecule has 1 unspecified atom stereocenters. The molecular weight excluding hydrogens is 216 g/mol. The van der Waals surface area contributed by atoms with Crippen molar-refractivity contribution in [2.45, 2.75) is 45.6 Å². The van der Waals surface area contributed by atoms with Gasteiger partial charge in [0, 0.05) is 13.1 Å². The fourth-order valence-corrected chi connectivity index (χ4v) is 2.41. The Morgan fingerprint density at radius 3 is 2.41 bits per heavy atom. The summed E-state index contributed by atoms with van der Waals surface area (Å²) in [6.07, 6.45) is 3.62. The number of aliphatic hydroxyl groups is 1. The lowest BCUT2D eigenvalue weighted by atomic mass is 9.87. The van der Waals surface area contributed by atoms with Gasteiger partial charge in [-0.1, -0.05) is 13.8 Å². The maximum absolute atomic E-state index is 11.9. The quantitative estimate of drug-likeness (QED) is 0.670. The van der Waals surface area contributed by atoms with Gasteiger partial charge in [0.15, 0.2) is 0 Å². The summed E-state index contributed by atoms with van der Waals surface area (Å²) >= 11 is 0. The van der Waals surface area contributed by atoms with Gasteiger partial charge >= 0.3 is 0 Å². The van der Waals surface area contributed by atoms with Gasteiger partial charge in [-0.15, -0.1) is 0 Å². The number of amides is 1. The fourth-order valence-electron chi connectivity index (χ4n) is 2.41. The lowest BCUT2D eigenvalue weighted by Crippen LogP contribution is -2.40. The summed E-state index contributed by atoms with van der Waals surface area (Å²) in [6.45, 7) is 5.18. The van der Waals surface area contributed by atoms with Gasteiger partial charge in [-0.3, -0.25) is 4.79 Å². The van der Waals surface area contributed by atoms with Gasteiger partial charge in [-0.2, -0.15) is 0 Å². The van der Waals surface area contributed by atoms with E-state index in [1.807, 2.05) is 13.8 Å². The van der Waals surface area contributed by atoms with Gasteiger partial charge in [0.2, 0.25) is 5.91 Å². The van der Waals surface area contributed by atoms with Crippen LogP contribution < -0.4 is 11.1 Å². The van der Waals surface area contributed by atoms with Crippen LogP contribution in [-0.4, -0.2) is 30.2 Å². The molecule has 1 atom stereocenters. The van der Waals surface area contributed by atoms with E-state index >= 15 is 0 Å². The number of hydrogen-bond donors (Lipinski definition) is 3. The number of rotatable bonds is 5. The number of carbonyl (C=O) groups is 1. The highest BCUT2D eigenvalue weighted by molar-refractivity contribution is 5.79. The molecule has 0 aromatic carbocycles. The summed E-state index contributed by atoms with van der Waals surface area (Å²) in [5.74, 6) is 0.805. The first-order valence-electron chi connectivity index (χ1n) is 6.70. The predicted octanol–water partition coefficient (Wildman–Crippen LogP) is 0.885. The number of nitrogens with one attached hydrogen (secondary N) is 1. The van der Waals surface area contributed by atoms with Crippen LogP contribution in [-0.2, 0) is 4.79 Å². The molecule has 1 aliphatic carbocycles. The Morgan fingerprint density at radius 2 is 1.94 bits per heavy atom. The first-order valence-corrected chi connectivity index (χ1v) is 6.70. The van der Waals surface area contributed by atoms with E-state index in [2.05, 4.69) is 5.32 Å². The molecule has 1 rings (SSSR count). The molecule has 0 radical (unpaired) electrons. The summed E-state index contributed by atoms with van der Waals surface area (Å²) in [5, 5.41) is 12.4. The van der Waals surface area contributed by atoms with Crippen LogP contribution in [0.3, 0.4) is 0 Å². The highest BCUT2D eigenvalue weighted by Crippen LogP contribution is 2.23. The van der Waals surface area contributed by atoms with Crippen molar-refractivity contribution in [2.24, 2.45) is 23.5 Å². The van der Waals surface area contributed by atoms with E-state index in [0.29, 0.717) is 12.5 Å². The fraction of sp³-hybridized carbons (Fsp3) is 0.923. The zero-order chi connectivity index (χ0) is 12.8. The highest BCUT2D eigenvalue weighted by Gasteiger charge is 2.23. The predicted molar refractivity (Wildman–Crippen MR) is 68.4 cm³/mol. The van der Waals surface area contributed by atoms with E-state index in [-0.39, 0.29) is 23.8 Å². The van der Waals surface area contributed by atoms with Crippen molar-refractivity contribution in [3.63, 3.8) is 0 Å². The van der Waals surface area contributed by atoms with E-state index in [0.717, 1.165) is 32.2 Å². The molecule has 1 amide bonds. The maximum Gasteiger partial charge on any atom is 0.224 e. The van der Waals surface area contributed by atoms with E-state index in [1.165, 1.54) is 0 Å². The van der Waals surface area contributed by atoms with E-state index in [4.69, 9.17) is 5.73 Å². The van der Waals surface area contributed by atoms with Crippen molar-refractivity contribution in [1.29, 1.82) is 0 Å². The lowest BCUT2D eigenvalue weighted by Gasteiger charge is -2.26. The van der Waals surface area contributed by atoms with Crippen molar-refractivity contribution in [2.75, 3.05) is 13.1 Å². The van der Waals surface area contributed by atoms with E-state index in [9.17, 15) is 9.90 Å². The third-order valence-corrected chi connectivity index (χ3v) is 3.78. The molecule has 4 N–H and O–H groups in total. The standard InChI is InChI=1S/C13H26N2O2/c1-9(2)12(7-14)13(17)15-8-10-3-5-11(16)6-4-10/h9-12,16H,3-8,14H2,1-2H3,(H,15,17). The molecule has 0 heterocycles. The maximum atomic E-state index is 11.9. The lowest BCUT2D eigenvalue weighted by molar-refractivity contribution is -0.126. The topological polar surface area (TPSA) is 75.4 Å². The monoisotopic (exact) mass is 242 g/mol. The molecule has 0 aromatic heterocycles. The molecule has 0 aromatic rings. The smallest absolute Gasteiger partial charge is 0.224 e. The van der Waals surface area contributed by atoms with Crippen LogP contribution >= 0.6 is 0 Å². The molecule has 4 heteroatoms. The molecular formula is C13H26N2O2. The largest absolute Gasteiger partial charge is 0.393 e. The second-order valence-electron chi connectivity index (χ2n) is 5.51. The Labute approximate surface area is 104 Å². The minimum absolute atomic E-state index is 0.0774. The van der Waals surface area contributed by atoms with Gasteiger partial charge in [0.1, 0.15) is 0 Å². The van der Waals surface area contributed by atoms with Crippen LogP contribution in [0.5, 0.6) is 0 Å². The third kappa shape index (κ3) is 4.64. The Morgan fingerprint density at radius 1 is 1.35 bits per heavy atom. The summed E-state index contributed by atoms with van der Waals surface area (Å²) in [4.78, 5) is 11.9. The van der Waals surface area contributed by atoms with E-state index in [1.54, 1.807) is 0 Å². The molecule has 1 saturated carbocycles. The second-order valence-corrected chi connectivity index (χ2v) is 5.51. The zero-order valence-corrected chi connectivity index (χ0v) is 11.0. The number of hydrogen-bond acceptors (Lipinski definition) is 3. The summed E-state index contributed by atoms with van der Waals surface area (Å²) < 4.78 is 0. The van der Waals surface area contributed by atoms with Crippen molar-refractivity contribution in [3.8, 4) is 0 Å². The number of carbonyl (C=O) groups excluding carboxylic acids is 1. The average molecular weight is 242 g/mol. The average Bonchev–Trinajstić information content (AvgIpc) is 2.28. The van der Waals surface area contributed by atoms with Crippen LogP contribution in [0.4, 0.5) is 0 Å². The summed E-state index contributed by atoms with van der Waals surface area (Å²) in [6, 6.07) is 0. The molecule has 1 aliphatic rings. The Hall–Kier alpha value is -0.610. The van der Waals surface area contributed by atoms with Crippen molar-refractivity contribution >= 4 is 5.91 Å². The Kier molecular flexibility index (Phi) is 5.92. The molecule has 100 valence electrons. The van der Waals surface area contributed by atoms with Crippen LogP contribution in [0.25, 0.3) is 0 Å². The first-order chi connectivity index (χ1) is 8.04. The Balaban J connectivity index is 2.27. The van der Waals surface area contributed by atoms with Gasteiger partial charge in [-0.25, -0.2) is 0 Å². The molecule has 0 bridgehead atoms. The number of nitrogens with two attached hydrogens (primary N) is 1. The van der Waals surface area contributed by atoms with Crippen LogP contribution in [0.1, 0.15) is 39.5 Å². The van der Waals surface area contributed by atoms with Crippen LogP contribution in [0.15, 0.2) is 0 Å². The molecule has 1 fully saturated rings. The molecule has 0 aliphatic heterocycles. The SMILES string of the molecule is CC(C)C(CN)C(=O)NCC1CCC(O)CC1. The van der Waals surface area contributed by atoms with Gasteiger partial charge in [-0.05, 0) is 37.5 Å². The first kappa shape index (κ1) is 14.5. The van der Waals surface area contributed by atoms with Gasteiger partial charge in [0.25, 0.3) is 0 Å². The third-order valence-electron chi connectivity index (χ3n) is 3.78. The van der Waals surface area contributed by atoms with Crippen molar-refractivity contribution in [3.05, 3.63) is 0 Å². The normalized spacial score (nSPS) is 26.9. The molecule has 0 spiro atoms. The molecule has 4 nitrogen and oxygen atoms in total.